The van der Waals surface area contributed by atoms with Gasteiger partial charge in [-0.3, -0.25) is 0 Å². The first kappa shape index (κ1) is 15.0. The fourth-order valence-electron chi connectivity index (χ4n) is 2.98. The number of halogens is 1. The molecule has 1 heterocycles. The maximum Gasteiger partial charge on any atom is 0.119 e. The van der Waals surface area contributed by atoms with E-state index in [0.29, 0.717) is 0 Å². The minimum Gasteiger partial charge on any atom is -0.497 e. The second-order valence-corrected chi connectivity index (χ2v) is 5.21. The van der Waals surface area contributed by atoms with Gasteiger partial charge in [0, 0.05) is 34.5 Å². The molecule has 3 nitrogen and oxygen atoms in total. The number of H-pyrrole nitrogens is 1. The topological polar surface area (TPSA) is 37.0 Å². The average Bonchev–Trinajstić information content (AvgIpc) is 2.92. The molecule has 112 valence electrons. The van der Waals surface area contributed by atoms with Gasteiger partial charge in [-0.2, -0.15) is 0 Å². The van der Waals surface area contributed by atoms with Crippen molar-refractivity contribution in [2.45, 2.75) is 0 Å². The van der Waals surface area contributed by atoms with Crippen LogP contribution in [0.3, 0.4) is 0 Å². The third-order valence-corrected chi connectivity index (χ3v) is 4.08. The molecule has 0 saturated heterocycles. The third-order valence-electron chi connectivity index (χ3n) is 4.08. The molecule has 0 unspecified atom stereocenters. The molecule has 0 bridgehead atoms. The number of methoxy groups -OCH3 is 1. The summed E-state index contributed by atoms with van der Waals surface area (Å²) in [6, 6.07) is 16.9. The molecule has 0 aliphatic rings. The van der Waals surface area contributed by atoms with Crippen LogP contribution in [0.2, 0.25) is 0 Å². The molecule has 0 saturated carbocycles. The van der Waals surface area contributed by atoms with Gasteiger partial charge in [0.2, 0.25) is 0 Å². The number of ether oxygens (including phenoxy) is 1. The lowest BCUT2D eigenvalue weighted by molar-refractivity contribution is 0.415. The lowest BCUT2D eigenvalue weighted by Gasteiger charge is -2.05. The van der Waals surface area contributed by atoms with Crippen LogP contribution in [0.1, 0.15) is 0 Å². The standard InChI is InChI=1S/C18H16N2O.HI/c1-19-12-5-3-11-4-7-17-18(14(11)9-12)15-10-13(21-2)6-8-16(15)20-17;/h3-10,19-20H,1-2H3;1H. The molecule has 0 atom stereocenters. The highest BCUT2D eigenvalue weighted by molar-refractivity contribution is 14.0. The largest absolute Gasteiger partial charge is 0.497 e. The van der Waals surface area contributed by atoms with E-state index in [1.807, 2.05) is 13.1 Å². The second-order valence-electron chi connectivity index (χ2n) is 5.21. The van der Waals surface area contributed by atoms with Gasteiger partial charge in [-0.15, -0.1) is 24.0 Å². The fourth-order valence-corrected chi connectivity index (χ4v) is 2.98. The molecule has 0 aliphatic carbocycles. The number of hydrogen-bond acceptors (Lipinski definition) is 2. The summed E-state index contributed by atoms with van der Waals surface area (Å²) in [5, 5.41) is 8.15. The van der Waals surface area contributed by atoms with Crippen molar-refractivity contribution in [3.8, 4) is 5.75 Å². The Morgan fingerprint density at radius 1 is 0.909 bits per heavy atom. The number of aromatic amines is 1. The van der Waals surface area contributed by atoms with Crippen LogP contribution in [0.15, 0.2) is 48.5 Å². The predicted molar refractivity (Wildman–Crippen MR) is 105 cm³/mol. The molecule has 0 aliphatic heterocycles. The molecule has 4 rings (SSSR count). The van der Waals surface area contributed by atoms with Gasteiger partial charge < -0.3 is 15.0 Å². The minimum atomic E-state index is 0. The van der Waals surface area contributed by atoms with Gasteiger partial charge in [0.05, 0.1) is 7.11 Å². The quantitative estimate of drug-likeness (QED) is 0.454. The molecular formula is C18H17IN2O. The zero-order valence-electron chi connectivity index (χ0n) is 12.4. The van der Waals surface area contributed by atoms with Crippen LogP contribution in [-0.2, 0) is 0 Å². The zero-order chi connectivity index (χ0) is 14.4. The number of benzene rings is 3. The van der Waals surface area contributed by atoms with E-state index in [4.69, 9.17) is 4.74 Å². The molecule has 0 amide bonds. The van der Waals surface area contributed by atoms with Gasteiger partial charge in [0.1, 0.15) is 5.75 Å². The third kappa shape index (κ3) is 2.18. The second kappa shape index (κ2) is 5.68. The Morgan fingerprint density at radius 3 is 2.45 bits per heavy atom. The molecular weight excluding hydrogens is 387 g/mol. The van der Waals surface area contributed by atoms with Crippen LogP contribution in [0.25, 0.3) is 32.6 Å². The summed E-state index contributed by atoms with van der Waals surface area (Å²) in [5.41, 5.74) is 3.40. The van der Waals surface area contributed by atoms with Crippen LogP contribution in [0, 0.1) is 0 Å². The summed E-state index contributed by atoms with van der Waals surface area (Å²) in [4.78, 5) is 3.48. The maximum atomic E-state index is 5.37. The van der Waals surface area contributed by atoms with Crippen molar-refractivity contribution in [1.82, 2.24) is 4.98 Å². The van der Waals surface area contributed by atoms with Crippen molar-refractivity contribution < 1.29 is 4.74 Å². The summed E-state index contributed by atoms with van der Waals surface area (Å²) < 4.78 is 5.37. The monoisotopic (exact) mass is 404 g/mol. The number of nitrogens with one attached hydrogen (secondary N) is 2. The Labute approximate surface area is 145 Å². The molecule has 2 N–H and O–H groups in total. The van der Waals surface area contributed by atoms with E-state index < -0.39 is 0 Å². The minimum absolute atomic E-state index is 0. The van der Waals surface area contributed by atoms with E-state index in [0.717, 1.165) is 22.5 Å². The van der Waals surface area contributed by atoms with Crippen LogP contribution >= 0.6 is 24.0 Å². The maximum absolute atomic E-state index is 5.37. The van der Waals surface area contributed by atoms with E-state index >= 15 is 0 Å². The highest BCUT2D eigenvalue weighted by atomic mass is 127. The van der Waals surface area contributed by atoms with Gasteiger partial charge >= 0.3 is 0 Å². The van der Waals surface area contributed by atoms with Gasteiger partial charge in [0.15, 0.2) is 0 Å². The van der Waals surface area contributed by atoms with Crippen molar-refractivity contribution in [1.29, 1.82) is 0 Å². The highest BCUT2D eigenvalue weighted by Gasteiger charge is 2.09. The van der Waals surface area contributed by atoms with Gasteiger partial charge in [-0.25, -0.2) is 0 Å². The lowest BCUT2D eigenvalue weighted by Crippen LogP contribution is -1.87. The van der Waals surface area contributed by atoms with Crippen LogP contribution < -0.4 is 10.1 Å². The van der Waals surface area contributed by atoms with E-state index in [1.165, 1.54) is 21.5 Å². The smallest absolute Gasteiger partial charge is 0.119 e. The van der Waals surface area contributed by atoms with Crippen LogP contribution in [-0.4, -0.2) is 19.1 Å². The van der Waals surface area contributed by atoms with Gasteiger partial charge in [-0.05, 0) is 47.2 Å². The predicted octanol–water partition coefficient (Wildman–Crippen LogP) is 5.14. The summed E-state index contributed by atoms with van der Waals surface area (Å²) >= 11 is 0. The molecule has 1 aromatic heterocycles. The molecule has 0 radical (unpaired) electrons. The highest BCUT2D eigenvalue weighted by Crippen LogP contribution is 2.35. The first-order valence-electron chi connectivity index (χ1n) is 7.00. The van der Waals surface area contributed by atoms with Crippen LogP contribution in [0.5, 0.6) is 5.75 Å². The van der Waals surface area contributed by atoms with Crippen molar-refractivity contribution in [2.24, 2.45) is 0 Å². The summed E-state index contributed by atoms with van der Waals surface area (Å²) in [6.45, 7) is 0. The molecule has 3 aromatic carbocycles. The number of aromatic nitrogens is 1. The van der Waals surface area contributed by atoms with Crippen LogP contribution in [0.4, 0.5) is 5.69 Å². The summed E-state index contributed by atoms with van der Waals surface area (Å²) in [5.74, 6) is 0.880. The molecule has 4 heteroatoms. The number of hydrogen-bond donors (Lipinski definition) is 2. The first-order chi connectivity index (χ1) is 10.3. The lowest BCUT2D eigenvalue weighted by atomic mass is 10.0. The van der Waals surface area contributed by atoms with E-state index in [9.17, 15) is 0 Å². The Kier molecular flexibility index (Phi) is 3.87. The van der Waals surface area contributed by atoms with Crippen molar-refractivity contribution in [3.63, 3.8) is 0 Å². The van der Waals surface area contributed by atoms with Crippen molar-refractivity contribution >= 4 is 62.2 Å². The van der Waals surface area contributed by atoms with Gasteiger partial charge in [0.25, 0.3) is 0 Å². The Balaban J connectivity index is 0.00000144. The van der Waals surface area contributed by atoms with E-state index in [1.54, 1.807) is 7.11 Å². The average molecular weight is 404 g/mol. The Bertz CT molecular complexity index is 969. The SMILES string of the molecule is CNc1ccc2ccc3[nH]c4ccc(OC)cc4c3c2c1.I. The molecule has 0 fully saturated rings. The Morgan fingerprint density at radius 2 is 1.68 bits per heavy atom. The first-order valence-corrected chi connectivity index (χ1v) is 7.00. The number of rotatable bonds is 2. The van der Waals surface area contributed by atoms with Crippen molar-refractivity contribution in [3.05, 3.63) is 48.5 Å². The normalized spacial score (nSPS) is 10.8. The molecule has 0 spiro atoms. The number of fused-ring (bicyclic) bond motifs is 5. The molecule has 22 heavy (non-hydrogen) atoms. The Hall–Kier alpha value is -1.95. The van der Waals surface area contributed by atoms with Crippen molar-refractivity contribution in [2.75, 3.05) is 19.5 Å². The zero-order valence-corrected chi connectivity index (χ0v) is 14.8. The van der Waals surface area contributed by atoms with Gasteiger partial charge in [-0.1, -0.05) is 12.1 Å². The fraction of sp³-hybridized carbons (Fsp3) is 0.111. The summed E-state index contributed by atoms with van der Waals surface area (Å²) in [6.07, 6.45) is 0. The van der Waals surface area contributed by atoms with E-state index in [-0.39, 0.29) is 24.0 Å². The van der Waals surface area contributed by atoms with E-state index in [2.05, 4.69) is 52.8 Å². The summed E-state index contributed by atoms with van der Waals surface area (Å²) in [7, 11) is 3.65. The molecule has 4 aromatic rings. The number of anilines is 1.